The molecular weight excluding hydrogens is 380 g/mol. The van der Waals surface area contributed by atoms with Gasteiger partial charge in [0.1, 0.15) is 12.4 Å². The van der Waals surface area contributed by atoms with Gasteiger partial charge in [0, 0.05) is 0 Å². The van der Waals surface area contributed by atoms with Crippen LogP contribution in [0.4, 0.5) is 0 Å². The van der Waals surface area contributed by atoms with Gasteiger partial charge in [-0.25, -0.2) is 0 Å². The Labute approximate surface area is 190 Å². The summed E-state index contributed by atoms with van der Waals surface area (Å²) in [4.78, 5) is 0. The van der Waals surface area contributed by atoms with Gasteiger partial charge in [0.05, 0.1) is 6.10 Å². The second kappa shape index (κ2) is 11.2. The number of unbranched alkanes of at least 4 members (excludes halogenated alkanes) is 3. The molecule has 0 amide bonds. The predicted octanol–water partition coefficient (Wildman–Crippen LogP) is 7.78. The van der Waals surface area contributed by atoms with Gasteiger partial charge in [-0.05, 0) is 65.7 Å². The summed E-state index contributed by atoms with van der Waals surface area (Å²) >= 11 is 0. The highest BCUT2D eigenvalue weighted by Gasteiger charge is 2.29. The molecule has 1 saturated carbocycles. The highest BCUT2D eigenvalue weighted by Crippen LogP contribution is 2.42. The van der Waals surface area contributed by atoms with Crippen molar-refractivity contribution in [2.24, 2.45) is 5.92 Å². The third-order valence-electron chi connectivity index (χ3n) is 7.05. The molecule has 0 bridgehead atoms. The third-order valence-corrected chi connectivity index (χ3v) is 7.05. The molecule has 2 aromatic rings. The molecule has 0 saturated heterocycles. The van der Waals surface area contributed by atoms with E-state index in [-0.39, 0.29) is 11.5 Å². The van der Waals surface area contributed by atoms with Crippen molar-refractivity contribution in [3.05, 3.63) is 65.2 Å². The Morgan fingerprint density at radius 2 is 1.74 bits per heavy atom. The zero-order valence-electron chi connectivity index (χ0n) is 20.1. The van der Waals surface area contributed by atoms with Crippen LogP contribution in [0.1, 0.15) is 102 Å². The van der Waals surface area contributed by atoms with Crippen LogP contribution in [-0.2, 0) is 12.0 Å². The number of hydrogen-bond donors (Lipinski definition) is 1. The summed E-state index contributed by atoms with van der Waals surface area (Å²) in [6.45, 7) is 9.83. The van der Waals surface area contributed by atoms with E-state index >= 15 is 0 Å². The monoisotopic (exact) mass is 422 g/mol. The van der Waals surface area contributed by atoms with E-state index in [1.807, 2.05) is 6.07 Å². The Bertz CT molecular complexity index is 786. The van der Waals surface area contributed by atoms with Crippen LogP contribution in [0, 0.1) is 5.92 Å². The Balaban J connectivity index is 1.83. The van der Waals surface area contributed by atoms with Crippen molar-refractivity contribution in [2.75, 3.05) is 0 Å². The fraction of sp³-hybridized carbons (Fsp3) is 0.586. The molecule has 0 spiro atoms. The molecule has 1 aliphatic carbocycles. The van der Waals surface area contributed by atoms with Gasteiger partial charge in [-0.2, -0.15) is 0 Å². The van der Waals surface area contributed by atoms with Crippen molar-refractivity contribution >= 4 is 0 Å². The summed E-state index contributed by atoms with van der Waals surface area (Å²) in [7, 11) is 0. The summed E-state index contributed by atoms with van der Waals surface area (Å²) in [6.07, 6.45) is 9.06. The van der Waals surface area contributed by atoms with Crippen molar-refractivity contribution in [3.8, 4) is 5.75 Å². The van der Waals surface area contributed by atoms with E-state index in [2.05, 4.69) is 70.2 Å². The van der Waals surface area contributed by atoms with Crippen molar-refractivity contribution in [3.63, 3.8) is 0 Å². The van der Waals surface area contributed by atoms with Gasteiger partial charge in [-0.15, -0.1) is 0 Å². The summed E-state index contributed by atoms with van der Waals surface area (Å²) in [5, 5.41) is 10.4. The molecule has 3 rings (SSSR count). The van der Waals surface area contributed by atoms with Crippen LogP contribution in [0.2, 0.25) is 0 Å². The van der Waals surface area contributed by atoms with Crippen LogP contribution in [0.3, 0.4) is 0 Å². The first-order chi connectivity index (χ1) is 14.9. The molecule has 3 atom stereocenters. The minimum absolute atomic E-state index is 0.135. The number of rotatable bonds is 10. The maximum atomic E-state index is 10.4. The molecule has 1 aliphatic rings. The third kappa shape index (κ3) is 6.84. The van der Waals surface area contributed by atoms with Gasteiger partial charge in [-0.3, -0.25) is 0 Å². The minimum Gasteiger partial charge on any atom is -0.489 e. The average Bonchev–Trinajstić information content (AvgIpc) is 2.75. The molecule has 1 fully saturated rings. The number of aliphatic hydroxyl groups is 1. The maximum Gasteiger partial charge on any atom is 0.123 e. The topological polar surface area (TPSA) is 29.5 Å². The second-order valence-electron chi connectivity index (χ2n) is 10.4. The number of benzene rings is 2. The maximum absolute atomic E-state index is 10.4. The van der Waals surface area contributed by atoms with Crippen molar-refractivity contribution in [2.45, 2.75) is 103 Å². The van der Waals surface area contributed by atoms with Crippen molar-refractivity contribution < 1.29 is 9.84 Å². The highest BCUT2D eigenvalue weighted by atomic mass is 16.5. The van der Waals surface area contributed by atoms with Crippen LogP contribution in [0.25, 0.3) is 0 Å². The van der Waals surface area contributed by atoms with Crippen LogP contribution in [0.15, 0.2) is 48.5 Å². The normalized spacial score (nSPS) is 21.8. The first-order valence-electron chi connectivity index (χ1n) is 12.4. The van der Waals surface area contributed by atoms with Crippen molar-refractivity contribution in [1.82, 2.24) is 0 Å². The molecule has 0 radical (unpaired) electrons. The largest absolute Gasteiger partial charge is 0.489 e. The lowest BCUT2D eigenvalue weighted by atomic mass is 9.75. The van der Waals surface area contributed by atoms with Gasteiger partial charge in [-0.1, -0.05) is 95.8 Å². The number of ether oxygens (including phenoxy) is 1. The molecular formula is C29H42O2. The van der Waals surface area contributed by atoms with Gasteiger partial charge in [0.15, 0.2) is 0 Å². The van der Waals surface area contributed by atoms with E-state index in [0.717, 1.165) is 25.0 Å². The number of hydrogen-bond acceptors (Lipinski definition) is 2. The summed E-state index contributed by atoms with van der Waals surface area (Å²) in [5.41, 5.74) is 3.96. The van der Waals surface area contributed by atoms with Crippen molar-refractivity contribution in [1.29, 1.82) is 0 Å². The molecule has 2 heteroatoms. The molecule has 31 heavy (non-hydrogen) atoms. The molecule has 2 aromatic carbocycles. The average molecular weight is 423 g/mol. The summed E-state index contributed by atoms with van der Waals surface area (Å²) in [6, 6.07) is 17.3. The lowest BCUT2D eigenvalue weighted by Crippen LogP contribution is -2.24. The van der Waals surface area contributed by atoms with Crippen LogP contribution in [-0.4, -0.2) is 11.2 Å². The van der Waals surface area contributed by atoms with E-state index in [9.17, 15) is 5.11 Å². The molecule has 1 N–H and O–H groups in total. The zero-order chi connectivity index (χ0) is 22.3. The Hall–Kier alpha value is -1.80. The quantitative estimate of drug-likeness (QED) is 0.396. The van der Waals surface area contributed by atoms with Gasteiger partial charge in [0.2, 0.25) is 0 Å². The van der Waals surface area contributed by atoms with Gasteiger partial charge >= 0.3 is 0 Å². The van der Waals surface area contributed by atoms with Crippen LogP contribution < -0.4 is 4.74 Å². The first-order valence-corrected chi connectivity index (χ1v) is 12.4. The second-order valence-corrected chi connectivity index (χ2v) is 10.4. The van der Waals surface area contributed by atoms with E-state index in [1.165, 1.54) is 48.8 Å². The van der Waals surface area contributed by atoms with E-state index in [1.54, 1.807) is 0 Å². The van der Waals surface area contributed by atoms with Crippen LogP contribution in [0.5, 0.6) is 5.75 Å². The lowest BCUT2D eigenvalue weighted by molar-refractivity contribution is 0.0937. The predicted molar refractivity (Wildman–Crippen MR) is 131 cm³/mol. The van der Waals surface area contributed by atoms with E-state index in [4.69, 9.17) is 4.74 Å². The molecule has 0 heterocycles. The Kier molecular flexibility index (Phi) is 8.60. The fourth-order valence-electron chi connectivity index (χ4n) is 5.11. The minimum atomic E-state index is -0.203. The summed E-state index contributed by atoms with van der Waals surface area (Å²) in [5.74, 6) is 1.92. The smallest absolute Gasteiger partial charge is 0.123 e. The summed E-state index contributed by atoms with van der Waals surface area (Å²) < 4.78 is 6.44. The van der Waals surface area contributed by atoms with Gasteiger partial charge in [0.25, 0.3) is 0 Å². The molecule has 0 aliphatic heterocycles. The van der Waals surface area contributed by atoms with E-state index < -0.39 is 0 Å². The Morgan fingerprint density at radius 3 is 2.45 bits per heavy atom. The molecule has 170 valence electrons. The van der Waals surface area contributed by atoms with Gasteiger partial charge < -0.3 is 9.84 Å². The SMILES string of the molecule is CCCCCCC(C)(C)c1ccc(C2CC(C)CC(O)C2)c(OCc2ccccc2)c1. The first kappa shape index (κ1) is 23.9. The zero-order valence-corrected chi connectivity index (χ0v) is 20.1. The number of aliphatic hydroxyl groups excluding tert-OH is 1. The molecule has 2 nitrogen and oxygen atoms in total. The fourth-order valence-corrected chi connectivity index (χ4v) is 5.11. The van der Waals surface area contributed by atoms with Crippen LogP contribution >= 0.6 is 0 Å². The molecule has 3 unspecified atom stereocenters. The lowest BCUT2D eigenvalue weighted by Gasteiger charge is -2.33. The van der Waals surface area contributed by atoms with E-state index in [0.29, 0.717) is 18.4 Å². The molecule has 0 aromatic heterocycles. The Morgan fingerprint density at radius 1 is 0.968 bits per heavy atom. The standard InChI is InChI=1S/C29H42O2/c1-5-6-7-11-16-29(3,4)25-14-15-27(24-17-22(2)18-26(30)19-24)28(20-25)31-21-23-12-9-8-10-13-23/h8-10,12-15,20,22,24,26,30H,5-7,11,16-19,21H2,1-4H3. The highest BCUT2D eigenvalue weighted by molar-refractivity contribution is 5.43.